The van der Waals surface area contributed by atoms with Crippen molar-refractivity contribution in [2.75, 3.05) is 6.61 Å². The third-order valence-electron chi connectivity index (χ3n) is 3.56. The number of amides is 1. The second-order valence-electron chi connectivity index (χ2n) is 5.66. The highest BCUT2D eigenvalue weighted by molar-refractivity contribution is 5.83. The maximum absolute atomic E-state index is 11.8. The second kappa shape index (κ2) is 9.93. The molecule has 1 N–H and O–H groups in total. The van der Waals surface area contributed by atoms with Crippen molar-refractivity contribution in [1.82, 2.24) is 5.43 Å². The molecule has 1 amide bonds. The molecule has 0 saturated carbocycles. The summed E-state index contributed by atoms with van der Waals surface area (Å²) >= 11 is 0. The van der Waals surface area contributed by atoms with Gasteiger partial charge in [0.25, 0.3) is 5.69 Å². The van der Waals surface area contributed by atoms with Gasteiger partial charge in [-0.2, -0.15) is 5.10 Å². The maximum Gasteiger partial charge on any atom is 0.269 e. The molecule has 2 aromatic carbocycles. The molecule has 0 bridgehead atoms. The molecular formula is C19H21N3O4. The normalized spacial score (nSPS) is 10.7. The van der Waals surface area contributed by atoms with Gasteiger partial charge in [-0.25, -0.2) is 5.43 Å². The van der Waals surface area contributed by atoms with Gasteiger partial charge in [0.1, 0.15) is 5.75 Å². The number of hydrogen-bond acceptors (Lipinski definition) is 5. The summed E-state index contributed by atoms with van der Waals surface area (Å²) in [5, 5.41) is 14.5. The lowest BCUT2D eigenvalue weighted by molar-refractivity contribution is -0.384. The molecule has 136 valence electrons. The van der Waals surface area contributed by atoms with Crippen molar-refractivity contribution < 1.29 is 14.5 Å². The Balaban J connectivity index is 1.79. The lowest BCUT2D eigenvalue weighted by Gasteiger charge is -2.05. The standard InChI is InChI=1S/C19H21N3O4/c1-2-3-12-26-18-10-6-16(7-11-18)14-20-21-19(23)13-15-4-8-17(9-5-15)22(24)25/h4-11,14H,2-3,12-13H2,1H3,(H,21,23)/b20-14+. The van der Waals surface area contributed by atoms with Crippen LogP contribution in [0.15, 0.2) is 53.6 Å². The third kappa shape index (κ3) is 6.35. The van der Waals surface area contributed by atoms with Gasteiger partial charge in [-0.3, -0.25) is 14.9 Å². The monoisotopic (exact) mass is 355 g/mol. The van der Waals surface area contributed by atoms with Crippen LogP contribution in [0.4, 0.5) is 5.69 Å². The van der Waals surface area contributed by atoms with Crippen molar-refractivity contribution in [3.63, 3.8) is 0 Å². The average molecular weight is 355 g/mol. The lowest BCUT2D eigenvalue weighted by atomic mass is 10.1. The molecule has 2 aromatic rings. The second-order valence-corrected chi connectivity index (χ2v) is 5.66. The molecule has 0 fully saturated rings. The number of nitro benzene ring substituents is 1. The number of rotatable bonds is 9. The highest BCUT2D eigenvalue weighted by Crippen LogP contribution is 2.13. The zero-order chi connectivity index (χ0) is 18.8. The predicted molar refractivity (Wildman–Crippen MR) is 99.4 cm³/mol. The molecule has 26 heavy (non-hydrogen) atoms. The smallest absolute Gasteiger partial charge is 0.269 e. The van der Waals surface area contributed by atoms with E-state index in [1.165, 1.54) is 12.1 Å². The minimum atomic E-state index is -0.478. The van der Waals surface area contributed by atoms with E-state index in [1.807, 2.05) is 24.3 Å². The van der Waals surface area contributed by atoms with Crippen molar-refractivity contribution in [2.24, 2.45) is 5.10 Å². The number of non-ortho nitro benzene ring substituents is 1. The number of nitrogens with one attached hydrogen (secondary N) is 1. The fraction of sp³-hybridized carbons (Fsp3) is 0.263. The SMILES string of the molecule is CCCCOc1ccc(/C=N/NC(=O)Cc2ccc([N+](=O)[O-])cc2)cc1. The van der Waals surface area contributed by atoms with Crippen LogP contribution in [0.1, 0.15) is 30.9 Å². The van der Waals surface area contributed by atoms with E-state index in [0.717, 1.165) is 24.2 Å². The van der Waals surface area contributed by atoms with E-state index in [-0.39, 0.29) is 18.0 Å². The summed E-state index contributed by atoms with van der Waals surface area (Å²) in [7, 11) is 0. The summed E-state index contributed by atoms with van der Waals surface area (Å²) in [4.78, 5) is 22.0. The van der Waals surface area contributed by atoms with Crippen LogP contribution in [0.5, 0.6) is 5.75 Å². The molecular weight excluding hydrogens is 334 g/mol. The first-order chi connectivity index (χ1) is 12.6. The van der Waals surface area contributed by atoms with Crippen LogP contribution in [-0.4, -0.2) is 23.7 Å². The quantitative estimate of drug-likeness (QED) is 0.322. The fourth-order valence-corrected chi connectivity index (χ4v) is 2.12. The van der Waals surface area contributed by atoms with Crippen molar-refractivity contribution in [3.8, 4) is 5.75 Å². The van der Waals surface area contributed by atoms with Crippen LogP contribution >= 0.6 is 0 Å². The summed E-state index contributed by atoms with van der Waals surface area (Å²) in [5.74, 6) is 0.507. The van der Waals surface area contributed by atoms with Crippen LogP contribution in [0.25, 0.3) is 0 Å². The van der Waals surface area contributed by atoms with Crippen molar-refractivity contribution in [2.45, 2.75) is 26.2 Å². The Kier molecular flexibility index (Phi) is 7.30. The largest absolute Gasteiger partial charge is 0.494 e. The van der Waals surface area contributed by atoms with Crippen molar-refractivity contribution in [3.05, 3.63) is 69.8 Å². The molecule has 0 saturated heterocycles. The molecule has 0 spiro atoms. The summed E-state index contributed by atoms with van der Waals surface area (Å²) in [5.41, 5.74) is 3.95. The first-order valence-electron chi connectivity index (χ1n) is 8.36. The average Bonchev–Trinajstić information content (AvgIpc) is 2.63. The van der Waals surface area contributed by atoms with Crippen LogP contribution in [0, 0.1) is 10.1 Å². The first-order valence-corrected chi connectivity index (χ1v) is 8.36. The number of carbonyl (C=O) groups excluding carboxylic acids is 1. The van der Waals surface area contributed by atoms with Crippen LogP contribution < -0.4 is 10.2 Å². The molecule has 0 aliphatic rings. The Labute approximate surface area is 151 Å². The van der Waals surface area contributed by atoms with Crippen LogP contribution in [0.2, 0.25) is 0 Å². The number of hydrogen-bond donors (Lipinski definition) is 1. The molecule has 0 atom stereocenters. The van der Waals surface area contributed by atoms with E-state index < -0.39 is 4.92 Å². The fourth-order valence-electron chi connectivity index (χ4n) is 2.12. The zero-order valence-corrected chi connectivity index (χ0v) is 14.6. The highest BCUT2D eigenvalue weighted by Gasteiger charge is 2.06. The third-order valence-corrected chi connectivity index (χ3v) is 3.56. The van der Waals surface area contributed by atoms with Gasteiger partial charge in [-0.1, -0.05) is 25.5 Å². The molecule has 0 unspecified atom stereocenters. The van der Waals surface area contributed by atoms with E-state index in [9.17, 15) is 14.9 Å². The Morgan fingerprint density at radius 1 is 1.19 bits per heavy atom. The molecule has 0 radical (unpaired) electrons. The number of hydrazone groups is 1. The van der Waals surface area contributed by atoms with Gasteiger partial charge in [0.2, 0.25) is 5.91 Å². The zero-order valence-electron chi connectivity index (χ0n) is 14.6. The molecule has 0 aliphatic heterocycles. The molecule has 0 aromatic heterocycles. The van der Waals surface area contributed by atoms with Gasteiger partial charge < -0.3 is 4.74 Å². The Morgan fingerprint density at radius 2 is 1.88 bits per heavy atom. The number of benzene rings is 2. The lowest BCUT2D eigenvalue weighted by Crippen LogP contribution is -2.19. The maximum atomic E-state index is 11.8. The molecule has 7 heteroatoms. The molecule has 7 nitrogen and oxygen atoms in total. The van der Waals surface area contributed by atoms with Gasteiger partial charge in [-0.05, 0) is 41.8 Å². The minimum Gasteiger partial charge on any atom is -0.494 e. The number of nitro groups is 1. The van der Waals surface area contributed by atoms with Gasteiger partial charge in [0.05, 0.1) is 24.2 Å². The first kappa shape index (κ1) is 19.1. The Bertz CT molecular complexity index is 755. The number of unbranched alkanes of at least 4 members (excludes halogenated alkanes) is 1. The summed E-state index contributed by atoms with van der Waals surface area (Å²) in [6.45, 7) is 2.81. The van der Waals surface area contributed by atoms with E-state index in [2.05, 4.69) is 17.5 Å². The number of nitrogens with zero attached hydrogens (tertiary/aromatic N) is 2. The van der Waals surface area contributed by atoms with Gasteiger partial charge in [0, 0.05) is 12.1 Å². The Morgan fingerprint density at radius 3 is 2.50 bits per heavy atom. The van der Waals surface area contributed by atoms with Gasteiger partial charge >= 0.3 is 0 Å². The Hall–Kier alpha value is -3.22. The molecule has 0 aliphatic carbocycles. The van der Waals surface area contributed by atoms with E-state index >= 15 is 0 Å². The summed E-state index contributed by atoms with van der Waals surface area (Å²) in [6.07, 6.45) is 3.75. The molecule has 0 heterocycles. The van der Waals surface area contributed by atoms with Gasteiger partial charge in [-0.15, -0.1) is 0 Å². The van der Waals surface area contributed by atoms with Gasteiger partial charge in [0.15, 0.2) is 0 Å². The van der Waals surface area contributed by atoms with Crippen LogP contribution in [0.3, 0.4) is 0 Å². The van der Waals surface area contributed by atoms with E-state index in [4.69, 9.17) is 4.74 Å². The summed E-state index contributed by atoms with van der Waals surface area (Å²) in [6, 6.07) is 13.3. The minimum absolute atomic E-state index is 0.00528. The van der Waals surface area contributed by atoms with Crippen LogP contribution in [-0.2, 0) is 11.2 Å². The highest BCUT2D eigenvalue weighted by atomic mass is 16.6. The number of carbonyl (C=O) groups is 1. The van der Waals surface area contributed by atoms with E-state index in [0.29, 0.717) is 12.2 Å². The van der Waals surface area contributed by atoms with Crippen molar-refractivity contribution in [1.29, 1.82) is 0 Å². The number of ether oxygens (including phenoxy) is 1. The summed E-state index contributed by atoms with van der Waals surface area (Å²) < 4.78 is 5.58. The predicted octanol–water partition coefficient (Wildman–Crippen LogP) is 3.47. The molecule has 2 rings (SSSR count). The van der Waals surface area contributed by atoms with Crippen molar-refractivity contribution >= 4 is 17.8 Å². The van der Waals surface area contributed by atoms with E-state index in [1.54, 1.807) is 18.3 Å². The topological polar surface area (TPSA) is 93.8 Å².